The molecule has 0 bridgehead atoms. The van der Waals surface area contributed by atoms with E-state index < -0.39 is 0 Å². The predicted molar refractivity (Wildman–Crippen MR) is 116 cm³/mol. The molecule has 31 heavy (non-hydrogen) atoms. The highest BCUT2D eigenvalue weighted by molar-refractivity contribution is 7.99. The van der Waals surface area contributed by atoms with Crippen molar-refractivity contribution in [2.24, 2.45) is 0 Å². The second kappa shape index (κ2) is 10.5. The first kappa shape index (κ1) is 22.9. The molecule has 0 saturated heterocycles. The van der Waals surface area contributed by atoms with Crippen molar-refractivity contribution in [3.05, 3.63) is 23.8 Å². The summed E-state index contributed by atoms with van der Waals surface area (Å²) in [5.74, 6) is 3.45. The molecule has 0 aliphatic carbocycles. The highest BCUT2D eigenvalue weighted by atomic mass is 32.2. The molecule has 0 N–H and O–H groups in total. The fraction of sp³-hybridized carbons (Fsp3) is 0.524. The summed E-state index contributed by atoms with van der Waals surface area (Å²) < 4.78 is 28.5. The van der Waals surface area contributed by atoms with Gasteiger partial charge in [0, 0.05) is 11.5 Å². The number of benzene rings is 1. The van der Waals surface area contributed by atoms with Gasteiger partial charge in [-0.3, -0.25) is 0 Å². The van der Waals surface area contributed by atoms with Crippen LogP contribution < -0.4 is 14.2 Å². The first-order valence-corrected chi connectivity index (χ1v) is 11.2. The van der Waals surface area contributed by atoms with E-state index in [9.17, 15) is 0 Å². The lowest BCUT2D eigenvalue weighted by molar-refractivity contribution is 0.261. The maximum Gasteiger partial charge on any atom is 0.277 e. The van der Waals surface area contributed by atoms with Crippen molar-refractivity contribution in [3.8, 4) is 28.7 Å². The van der Waals surface area contributed by atoms with E-state index in [0.29, 0.717) is 65.5 Å². The van der Waals surface area contributed by atoms with E-state index in [4.69, 9.17) is 23.2 Å². The summed E-state index contributed by atoms with van der Waals surface area (Å²) in [7, 11) is 0. The zero-order valence-corrected chi connectivity index (χ0v) is 19.5. The molecule has 168 valence electrons. The third-order valence-corrected chi connectivity index (χ3v) is 5.08. The summed E-state index contributed by atoms with van der Waals surface area (Å²) in [6.07, 6.45) is 0. The Bertz CT molecular complexity index is 961. The van der Waals surface area contributed by atoms with Gasteiger partial charge >= 0.3 is 0 Å². The van der Waals surface area contributed by atoms with Crippen LogP contribution in [0.1, 0.15) is 64.4 Å². The van der Waals surface area contributed by atoms with Crippen molar-refractivity contribution in [2.75, 3.05) is 19.8 Å². The maximum atomic E-state index is 5.88. The molecule has 0 aliphatic heterocycles. The number of nitrogens with zero attached hydrogens (tertiary/aromatic N) is 4. The fourth-order valence-electron chi connectivity index (χ4n) is 2.73. The molecule has 3 rings (SSSR count). The second-order valence-corrected chi connectivity index (χ2v) is 8.17. The Hall–Kier alpha value is -2.75. The average molecular weight is 449 g/mol. The summed E-state index contributed by atoms with van der Waals surface area (Å²) >= 11 is 1.35. The molecule has 1 unspecified atom stereocenters. The van der Waals surface area contributed by atoms with Gasteiger partial charge in [-0.15, -0.1) is 10.2 Å². The zero-order chi connectivity index (χ0) is 22.4. The normalized spacial score (nSPS) is 12.2. The van der Waals surface area contributed by atoms with Crippen LogP contribution in [0.3, 0.4) is 0 Å². The largest absolute Gasteiger partial charge is 0.490 e. The lowest BCUT2D eigenvalue weighted by atomic mass is 10.2. The van der Waals surface area contributed by atoms with Gasteiger partial charge < -0.3 is 23.2 Å². The lowest BCUT2D eigenvalue weighted by Gasteiger charge is -2.16. The Kier molecular flexibility index (Phi) is 7.78. The predicted octanol–water partition coefficient (Wildman–Crippen LogP) is 5.29. The summed E-state index contributed by atoms with van der Waals surface area (Å²) in [6.45, 7) is 13.2. The van der Waals surface area contributed by atoms with Crippen molar-refractivity contribution < 1.29 is 23.2 Å². The highest BCUT2D eigenvalue weighted by Gasteiger charge is 2.22. The molecule has 0 saturated carbocycles. The van der Waals surface area contributed by atoms with Gasteiger partial charge in [-0.05, 0) is 39.8 Å². The number of rotatable bonds is 11. The average Bonchev–Trinajstić information content (AvgIpc) is 3.40. The molecule has 0 radical (unpaired) electrons. The second-order valence-electron chi connectivity index (χ2n) is 6.88. The SMILES string of the molecule is CCOc1cc(-c2nnc(SC(C)c3nc(C(C)C)no3)o2)cc(OCC)c1OCC. The Balaban J connectivity index is 1.84. The first-order valence-electron chi connectivity index (χ1n) is 10.4. The van der Waals surface area contributed by atoms with E-state index in [1.807, 2.05) is 53.7 Å². The van der Waals surface area contributed by atoms with Crippen molar-refractivity contribution >= 4 is 11.8 Å². The van der Waals surface area contributed by atoms with Crippen molar-refractivity contribution in [1.82, 2.24) is 20.3 Å². The van der Waals surface area contributed by atoms with Gasteiger partial charge in [0.1, 0.15) is 0 Å². The smallest absolute Gasteiger partial charge is 0.277 e. The number of aromatic nitrogens is 4. The molecule has 1 aromatic carbocycles. The minimum absolute atomic E-state index is 0.133. The standard InChI is InChI=1S/C21H28N4O5S/c1-7-26-15-10-14(11-16(27-8-2)17(15)28-9-3)20-23-24-21(29-20)31-13(6)19-22-18(12(4)5)25-30-19/h10-13H,7-9H2,1-6H3. The van der Waals surface area contributed by atoms with Gasteiger partial charge in [0.2, 0.25) is 17.5 Å². The molecule has 10 heteroatoms. The minimum atomic E-state index is -0.133. The van der Waals surface area contributed by atoms with Gasteiger partial charge in [-0.2, -0.15) is 4.98 Å². The quantitative estimate of drug-likeness (QED) is 0.359. The van der Waals surface area contributed by atoms with Gasteiger partial charge in [0.05, 0.1) is 25.1 Å². The topological polar surface area (TPSA) is 106 Å². The number of hydrogen-bond donors (Lipinski definition) is 0. The molecule has 0 fully saturated rings. The Morgan fingerprint density at radius 2 is 1.58 bits per heavy atom. The number of hydrogen-bond acceptors (Lipinski definition) is 10. The maximum absolute atomic E-state index is 5.88. The molecular weight excluding hydrogens is 420 g/mol. The van der Waals surface area contributed by atoms with Crippen LogP contribution in [-0.2, 0) is 0 Å². The van der Waals surface area contributed by atoms with Crippen molar-refractivity contribution in [1.29, 1.82) is 0 Å². The Morgan fingerprint density at radius 3 is 2.13 bits per heavy atom. The molecule has 1 atom stereocenters. The van der Waals surface area contributed by atoms with E-state index in [0.717, 1.165) is 0 Å². The van der Waals surface area contributed by atoms with Crippen LogP contribution in [0.4, 0.5) is 0 Å². The van der Waals surface area contributed by atoms with Crippen LogP contribution in [0.2, 0.25) is 0 Å². The van der Waals surface area contributed by atoms with Gasteiger partial charge in [0.15, 0.2) is 17.3 Å². The van der Waals surface area contributed by atoms with E-state index >= 15 is 0 Å². The van der Waals surface area contributed by atoms with Crippen LogP contribution in [0.25, 0.3) is 11.5 Å². The highest BCUT2D eigenvalue weighted by Crippen LogP contribution is 2.42. The molecular formula is C21H28N4O5S. The number of ether oxygens (including phenoxy) is 3. The lowest BCUT2D eigenvalue weighted by Crippen LogP contribution is -2.03. The van der Waals surface area contributed by atoms with Crippen molar-refractivity contribution in [3.63, 3.8) is 0 Å². The molecule has 0 spiro atoms. The molecule has 9 nitrogen and oxygen atoms in total. The van der Waals surface area contributed by atoms with E-state index in [-0.39, 0.29) is 11.2 Å². The molecule has 2 aromatic heterocycles. The summed E-state index contributed by atoms with van der Waals surface area (Å²) in [5.41, 5.74) is 0.683. The minimum Gasteiger partial charge on any atom is -0.490 e. The first-order chi connectivity index (χ1) is 15.0. The molecule has 0 amide bonds. The van der Waals surface area contributed by atoms with Crippen LogP contribution in [0.15, 0.2) is 26.3 Å². The van der Waals surface area contributed by atoms with Crippen molar-refractivity contribution in [2.45, 2.75) is 57.9 Å². The van der Waals surface area contributed by atoms with Crippen LogP contribution in [-0.4, -0.2) is 40.2 Å². The van der Waals surface area contributed by atoms with Gasteiger partial charge in [0.25, 0.3) is 5.22 Å². The zero-order valence-electron chi connectivity index (χ0n) is 18.7. The molecule has 0 aliphatic rings. The Labute approximate surface area is 185 Å². The summed E-state index contributed by atoms with van der Waals surface area (Å²) in [6, 6.07) is 3.63. The Morgan fingerprint density at radius 1 is 0.935 bits per heavy atom. The third-order valence-electron chi connectivity index (χ3n) is 4.16. The van der Waals surface area contributed by atoms with Gasteiger partial charge in [-0.1, -0.05) is 30.8 Å². The molecule has 3 aromatic rings. The summed E-state index contributed by atoms with van der Waals surface area (Å²) in [5, 5.41) is 12.6. The summed E-state index contributed by atoms with van der Waals surface area (Å²) in [4.78, 5) is 4.43. The monoisotopic (exact) mass is 448 g/mol. The fourth-order valence-corrected chi connectivity index (χ4v) is 3.45. The van der Waals surface area contributed by atoms with E-state index in [1.165, 1.54) is 11.8 Å². The van der Waals surface area contributed by atoms with E-state index in [2.05, 4.69) is 20.3 Å². The van der Waals surface area contributed by atoms with Gasteiger partial charge in [-0.25, -0.2) is 0 Å². The van der Waals surface area contributed by atoms with E-state index in [1.54, 1.807) is 0 Å². The third kappa shape index (κ3) is 5.49. The van der Waals surface area contributed by atoms with Crippen LogP contribution >= 0.6 is 11.8 Å². The van der Waals surface area contributed by atoms with Crippen LogP contribution in [0.5, 0.6) is 17.2 Å². The van der Waals surface area contributed by atoms with Crippen LogP contribution in [0, 0.1) is 0 Å². The molecule has 2 heterocycles. The number of thioether (sulfide) groups is 1.